The first-order chi connectivity index (χ1) is 7.25. The molecule has 1 heteroatoms. The lowest BCUT2D eigenvalue weighted by Crippen LogP contribution is -2.21. The Bertz CT molecular complexity index is 186. The maximum Gasteiger partial charge on any atom is 0.0110 e. The lowest BCUT2D eigenvalue weighted by Gasteiger charge is -2.32. The van der Waals surface area contributed by atoms with Gasteiger partial charge in [0.05, 0.1) is 0 Å². The average Bonchev–Trinajstić information content (AvgIpc) is 2.99. The molecule has 0 unspecified atom stereocenters. The van der Waals surface area contributed by atoms with E-state index in [9.17, 15) is 0 Å². The van der Waals surface area contributed by atoms with Crippen molar-refractivity contribution in [1.82, 2.24) is 4.90 Å². The van der Waals surface area contributed by atoms with Crippen LogP contribution in [0.25, 0.3) is 0 Å². The van der Waals surface area contributed by atoms with Crippen molar-refractivity contribution in [2.24, 2.45) is 17.8 Å². The molecular formula is C14H27N. The van der Waals surface area contributed by atoms with Crippen molar-refractivity contribution >= 4 is 0 Å². The zero-order chi connectivity index (χ0) is 10.7. The summed E-state index contributed by atoms with van der Waals surface area (Å²) in [6, 6.07) is 0. The summed E-state index contributed by atoms with van der Waals surface area (Å²) in [6.07, 6.45) is 8.89. The van der Waals surface area contributed by atoms with E-state index >= 15 is 0 Å². The van der Waals surface area contributed by atoms with Crippen molar-refractivity contribution in [3.63, 3.8) is 0 Å². The third-order valence-corrected chi connectivity index (χ3v) is 4.45. The Morgan fingerprint density at radius 2 is 1.87 bits per heavy atom. The van der Waals surface area contributed by atoms with Gasteiger partial charge in [0.2, 0.25) is 0 Å². The van der Waals surface area contributed by atoms with E-state index < -0.39 is 0 Å². The standard InChI is InChI=1S/C14H27N/c1-12-6-7-14(13(2)11-12)5-3-4-8-15-9-10-15/h12-14H,3-11H2,1-2H3/t12-,13+,14+/m1/s1. The zero-order valence-electron chi connectivity index (χ0n) is 10.5. The molecule has 3 atom stereocenters. The minimum Gasteiger partial charge on any atom is -0.301 e. The highest BCUT2D eigenvalue weighted by Crippen LogP contribution is 2.36. The number of rotatable bonds is 5. The Kier molecular flexibility index (Phi) is 4.07. The number of hydrogen-bond donors (Lipinski definition) is 0. The van der Waals surface area contributed by atoms with Gasteiger partial charge in [-0.1, -0.05) is 33.1 Å². The Morgan fingerprint density at radius 1 is 1.07 bits per heavy atom. The predicted molar refractivity (Wildman–Crippen MR) is 66.0 cm³/mol. The van der Waals surface area contributed by atoms with Gasteiger partial charge in [0, 0.05) is 13.1 Å². The largest absolute Gasteiger partial charge is 0.301 e. The second-order valence-corrected chi connectivity index (χ2v) is 5.99. The van der Waals surface area contributed by atoms with E-state index in [1.807, 2.05) is 0 Å². The van der Waals surface area contributed by atoms with Crippen LogP contribution in [0.2, 0.25) is 0 Å². The molecule has 1 heterocycles. The molecule has 1 saturated carbocycles. The van der Waals surface area contributed by atoms with E-state index in [1.165, 1.54) is 58.2 Å². The molecule has 0 amide bonds. The summed E-state index contributed by atoms with van der Waals surface area (Å²) in [4.78, 5) is 2.55. The van der Waals surface area contributed by atoms with Gasteiger partial charge in [-0.15, -0.1) is 0 Å². The lowest BCUT2D eigenvalue weighted by molar-refractivity contribution is 0.190. The van der Waals surface area contributed by atoms with Gasteiger partial charge < -0.3 is 4.90 Å². The Hall–Kier alpha value is -0.0400. The average molecular weight is 209 g/mol. The van der Waals surface area contributed by atoms with E-state index in [0.717, 1.165) is 17.8 Å². The van der Waals surface area contributed by atoms with Crippen molar-refractivity contribution in [1.29, 1.82) is 0 Å². The van der Waals surface area contributed by atoms with Gasteiger partial charge in [-0.3, -0.25) is 0 Å². The summed E-state index contributed by atoms with van der Waals surface area (Å²) >= 11 is 0. The SMILES string of the molecule is C[C@@H]1CC[C@H](CCCCN2CC2)[C@@H](C)C1. The number of unbranched alkanes of at least 4 members (excludes halogenated alkanes) is 1. The van der Waals surface area contributed by atoms with E-state index in [1.54, 1.807) is 0 Å². The molecular weight excluding hydrogens is 182 g/mol. The first-order valence-corrected chi connectivity index (χ1v) is 6.98. The second-order valence-electron chi connectivity index (χ2n) is 5.99. The van der Waals surface area contributed by atoms with Crippen LogP contribution in [-0.4, -0.2) is 24.5 Å². The van der Waals surface area contributed by atoms with Crippen LogP contribution < -0.4 is 0 Å². The van der Waals surface area contributed by atoms with E-state index in [0.29, 0.717) is 0 Å². The Labute approximate surface area is 95.2 Å². The highest BCUT2D eigenvalue weighted by molar-refractivity contribution is 4.76. The van der Waals surface area contributed by atoms with Crippen molar-refractivity contribution in [2.45, 2.75) is 52.4 Å². The molecule has 15 heavy (non-hydrogen) atoms. The molecule has 1 saturated heterocycles. The molecule has 0 spiro atoms. The quantitative estimate of drug-likeness (QED) is 0.494. The maximum atomic E-state index is 2.55. The molecule has 0 N–H and O–H groups in total. The van der Waals surface area contributed by atoms with Gasteiger partial charge in [-0.05, 0) is 43.6 Å². The fourth-order valence-corrected chi connectivity index (χ4v) is 3.19. The van der Waals surface area contributed by atoms with Crippen LogP contribution in [0.1, 0.15) is 52.4 Å². The molecule has 2 rings (SSSR count). The molecule has 2 aliphatic rings. The van der Waals surface area contributed by atoms with Crippen LogP contribution in [0.4, 0.5) is 0 Å². The van der Waals surface area contributed by atoms with Crippen LogP contribution in [0.3, 0.4) is 0 Å². The molecule has 88 valence electrons. The van der Waals surface area contributed by atoms with Crippen molar-refractivity contribution in [3.05, 3.63) is 0 Å². The van der Waals surface area contributed by atoms with Crippen molar-refractivity contribution in [2.75, 3.05) is 19.6 Å². The minimum absolute atomic E-state index is 0.994. The van der Waals surface area contributed by atoms with Gasteiger partial charge in [0.1, 0.15) is 0 Å². The summed E-state index contributed by atoms with van der Waals surface area (Å²) in [7, 11) is 0. The third kappa shape index (κ3) is 3.79. The normalized spacial score (nSPS) is 36.8. The summed E-state index contributed by atoms with van der Waals surface area (Å²) in [5.41, 5.74) is 0. The third-order valence-electron chi connectivity index (χ3n) is 4.45. The number of hydrogen-bond acceptors (Lipinski definition) is 1. The van der Waals surface area contributed by atoms with Crippen LogP contribution in [0.5, 0.6) is 0 Å². The van der Waals surface area contributed by atoms with Crippen LogP contribution in [0.15, 0.2) is 0 Å². The fraction of sp³-hybridized carbons (Fsp3) is 1.00. The molecule has 1 nitrogen and oxygen atoms in total. The van der Waals surface area contributed by atoms with Gasteiger partial charge >= 0.3 is 0 Å². The van der Waals surface area contributed by atoms with Gasteiger partial charge in [0.25, 0.3) is 0 Å². The van der Waals surface area contributed by atoms with Gasteiger partial charge in [-0.25, -0.2) is 0 Å². The molecule has 0 aromatic rings. The molecule has 0 aromatic heterocycles. The zero-order valence-corrected chi connectivity index (χ0v) is 10.5. The van der Waals surface area contributed by atoms with Crippen LogP contribution in [-0.2, 0) is 0 Å². The predicted octanol–water partition coefficient (Wildman–Crippen LogP) is 3.54. The van der Waals surface area contributed by atoms with E-state index in [4.69, 9.17) is 0 Å². The highest BCUT2D eigenvalue weighted by atomic mass is 15.2. The topological polar surface area (TPSA) is 3.01 Å². The van der Waals surface area contributed by atoms with Crippen LogP contribution in [0, 0.1) is 17.8 Å². The minimum atomic E-state index is 0.994. The van der Waals surface area contributed by atoms with Gasteiger partial charge in [0.15, 0.2) is 0 Å². The number of nitrogens with zero attached hydrogens (tertiary/aromatic N) is 1. The molecule has 1 aliphatic carbocycles. The lowest BCUT2D eigenvalue weighted by atomic mass is 9.74. The molecule has 1 aliphatic heterocycles. The first-order valence-electron chi connectivity index (χ1n) is 6.98. The molecule has 0 radical (unpaired) electrons. The fourth-order valence-electron chi connectivity index (χ4n) is 3.19. The maximum absolute atomic E-state index is 2.55. The Morgan fingerprint density at radius 3 is 2.53 bits per heavy atom. The summed E-state index contributed by atoms with van der Waals surface area (Å²) in [6.45, 7) is 9.02. The summed E-state index contributed by atoms with van der Waals surface area (Å²) in [5.74, 6) is 3.04. The van der Waals surface area contributed by atoms with E-state index in [2.05, 4.69) is 18.7 Å². The highest BCUT2D eigenvalue weighted by Gasteiger charge is 2.24. The molecule has 0 bridgehead atoms. The van der Waals surface area contributed by atoms with Crippen molar-refractivity contribution in [3.8, 4) is 0 Å². The molecule has 2 fully saturated rings. The molecule has 0 aromatic carbocycles. The van der Waals surface area contributed by atoms with Crippen molar-refractivity contribution < 1.29 is 0 Å². The monoisotopic (exact) mass is 209 g/mol. The smallest absolute Gasteiger partial charge is 0.0110 e. The first kappa shape index (κ1) is 11.4. The van der Waals surface area contributed by atoms with E-state index in [-0.39, 0.29) is 0 Å². The summed E-state index contributed by atoms with van der Waals surface area (Å²) < 4.78 is 0. The van der Waals surface area contributed by atoms with Crippen LogP contribution >= 0.6 is 0 Å². The summed E-state index contributed by atoms with van der Waals surface area (Å²) in [5, 5.41) is 0. The Balaban J connectivity index is 1.56. The van der Waals surface area contributed by atoms with Gasteiger partial charge in [-0.2, -0.15) is 0 Å². The second kappa shape index (κ2) is 5.34.